The smallest absolute Gasteiger partial charge is 0.273 e. The van der Waals surface area contributed by atoms with Gasteiger partial charge in [-0.05, 0) is 17.7 Å². The van der Waals surface area contributed by atoms with Gasteiger partial charge in [0.15, 0.2) is 0 Å². The molecule has 96 valence electrons. The van der Waals surface area contributed by atoms with E-state index in [2.05, 4.69) is 0 Å². The Bertz CT molecular complexity index is 585. The van der Waals surface area contributed by atoms with Crippen molar-refractivity contribution < 1.29 is 31.0 Å². The van der Waals surface area contributed by atoms with Gasteiger partial charge < -0.3 is 5.11 Å². The van der Waals surface area contributed by atoms with E-state index in [0.29, 0.717) is 0 Å². The van der Waals surface area contributed by atoms with Crippen LogP contribution in [0.3, 0.4) is 0 Å². The molecule has 0 radical (unpaired) electrons. The van der Waals surface area contributed by atoms with Gasteiger partial charge in [0.2, 0.25) is 0 Å². The summed E-state index contributed by atoms with van der Waals surface area (Å²) in [6.07, 6.45) is 0. The maximum Gasteiger partial charge on any atom is 0.273 e. The summed E-state index contributed by atoms with van der Waals surface area (Å²) in [4.78, 5) is 0. The van der Waals surface area contributed by atoms with Crippen molar-refractivity contribution in [1.82, 2.24) is 0 Å². The van der Waals surface area contributed by atoms with Crippen molar-refractivity contribution in [3.05, 3.63) is 29.8 Å². The lowest BCUT2D eigenvalue weighted by Crippen LogP contribution is -2.21. The quantitative estimate of drug-likeness (QED) is 0.673. The van der Waals surface area contributed by atoms with Crippen LogP contribution in [-0.2, 0) is 20.2 Å². The fourth-order valence-electron chi connectivity index (χ4n) is 1.23. The molecule has 17 heavy (non-hydrogen) atoms. The summed E-state index contributed by atoms with van der Waals surface area (Å²) in [6, 6.07) is 4.55. The number of phenols is 1. The van der Waals surface area contributed by atoms with E-state index in [4.69, 9.17) is 14.2 Å². The average Bonchev–Trinajstić information content (AvgIpc) is 2.13. The number of hydrogen-bond donors (Lipinski definition) is 3. The molecule has 0 aliphatic rings. The molecule has 9 heteroatoms. The number of rotatable bonds is 4. The van der Waals surface area contributed by atoms with Crippen molar-refractivity contribution in [3.8, 4) is 5.75 Å². The Kier molecular flexibility index (Phi) is 3.77. The Morgan fingerprint density at radius 3 is 1.82 bits per heavy atom. The Morgan fingerprint density at radius 2 is 1.47 bits per heavy atom. The minimum absolute atomic E-state index is 0.0528. The molecule has 0 spiro atoms. The van der Waals surface area contributed by atoms with E-state index >= 15 is 0 Å². The highest BCUT2D eigenvalue weighted by Crippen LogP contribution is 2.24. The third-order valence-corrected chi connectivity index (χ3v) is 4.11. The van der Waals surface area contributed by atoms with Gasteiger partial charge >= 0.3 is 0 Å². The van der Waals surface area contributed by atoms with E-state index in [1.54, 1.807) is 0 Å². The van der Waals surface area contributed by atoms with E-state index in [1.165, 1.54) is 0 Å². The molecule has 0 aliphatic heterocycles. The maximum atomic E-state index is 11.0. The minimum Gasteiger partial charge on any atom is -0.508 e. The summed E-state index contributed by atoms with van der Waals surface area (Å²) in [7, 11) is -9.25. The predicted molar refractivity (Wildman–Crippen MR) is 58.8 cm³/mol. The SMILES string of the molecule is O=S(=O)(O)CC(c1ccc(O)cc1)S(=O)(=O)O. The second-order valence-corrected chi connectivity index (χ2v) is 6.44. The van der Waals surface area contributed by atoms with Gasteiger partial charge in [-0.1, -0.05) is 12.1 Å². The minimum atomic E-state index is -4.68. The topological polar surface area (TPSA) is 129 Å². The van der Waals surface area contributed by atoms with E-state index in [-0.39, 0.29) is 11.3 Å². The van der Waals surface area contributed by atoms with Crippen molar-refractivity contribution in [1.29, 1.82) is 0 Å². The third kappa shape index (κ3) is 4.30. The standard InChI is InChI=1S/C8H10O7S2/c9-7-3-1-6(2-4-7)8(17(13,14)15)5-16(10,11)12/h1-4,8-9H,5H2,(H,10,11,12)(H,13,14,15). The number of hydrogen-bond acceptors (Lipinski definition) is 5. The molecule has 7 nitrogen and oxygen atoms in total. The Hall–Kier alpha value is -1.16. The first kappa shape index (κ1) is 13.9. The highest BCUT2D eigenvalue weighted by atomic mass is 32.2. The molecule has 0 amide bonds. The Morgan fingerprint density at radius 1 is 1.00 bits per heavy atom. The van der Waals surface area contributed by atoms with Gasteiger partial charge in [0.25, 0.3) is 20.2 Å². The lowest BCUT2D eigenvalue weighted by Gasteiger charge is -2.12. The van der Waals surface area contributed by atoms with Gasteiger partial charge in [-0.25, -0.2) is 0 Å². The second kappa shape index (κ2) is 4.61. The first-order chi connectivity index (χ1) is 7.59. The maximum absolute atomic E-state index is 11.0. The highest BCUT2D eigenvalue weighted by molar-refractivity contribution is 7.89. The lowest BCUT2D eigenvalue weighted by molar-refractivity contribution is 0.458. The molecule has 0 saturated carbocycles. The van der Waals surface area contributed by atoms with Crippen LogP contribution in [-0.4, -0.2) is 36.8 Å². The predicted octanol–water partition coefficient (Wildman–Crippen LogP) is 0.209. The van der Waals surface area contributed by atoms with Crippen LogP contribution in [0.25, 0.3) is 0 Å². The zero-order valence-electron chi connectivity index (χ0n) is 8.38. The molecule has 3 N–H and O–H groups in total. The van der Waals surface area contributed by atoms with Crippen LogP contribution in [0.2, 0.25) is 0 Å². The van der Waals surface area contributed by atoms with Crippen LogP contribution in [0.15, 0.2) is 24.3 Å². The largest absolute Gasteiger partial charge is 0.508 e. The van der Waals surface area contributed by atoms with Gasteiger partial charge in [0.05, 0.1) is 5.75 Å². The fraction of sp³-hybridized carbons (Fsp3) is 0.250. The summed E-state index contributed by atoms with van der Waals surface area (Å²) in [5, 5.41) is 7.20. The summed E-state index contributed by atoms with van der Waals surface area (Å²) < 4.78 is 60.9. The molecule has 1 aromatic rings. The first-order valence-corrected chi connectivity index (χ1v) is 7.41. The van der Waals surface area contributed by atoms with Gasteiger partial charge in [-0.15, -0.1) is 0 Å². The Labute approximate surface area is 98.2 Å². The number of benzene rings is 1. The molecule has 1 rings (SSSR count). The highest BCUT2D eigenvalue weighted by Gasteiger charge is 2.30. The van der Waals surface area contributed by atoms with E-state index < -0.39 is 31.2 Å². The molecule has 0 heterocycles. The average molecular weight is 282 g/mol. The normalized spacial score (nSPS) is 14.5. The van der Waals surface area contributed by atoms with Crippen LogP contribution in [0, 0.1) is 0 Å². The molecule has 0 saturated heterocycles. The van der Waals surface area contributed by atoms with E-state index in [0.717, 1.165) is 24.3 Å². The third-order valence-electron chi connectivity index (χ3n) is 1.99. The van der Waals surface area contributed by atoms with E-state index in [1.807, 2.05) is 0 Å². The summed E-state index contributed by atoms with van der Waals surface area (Å²) in [6.45, 7) is 0. The number of phenolic OH excluding ortho intramolecular Hbond substituents is 1. The van der Waals surface area contributed by atoms with Crippen LogP contribution < -0.4 is 0 Å². The van der Waals surface area contributed by atoms with Crippen molar-refractivity contribution >= 4 is 20.2 Å². The molecule has 0 bridgehead atoms. The van der Waals surface area contributed by atoms with Crippen molar-refractivity contribution in [3.63, 3.8) is 0 Å². The molecular weight excluding hydrogens is 272 g/mol. The fourth-order valence-corrected chi connectivity index (χ4v) is 3.51. The zero-order chi connectivity index (χ0) is 13.3. The van der Waals surface area contributed by atoms with E-state index in [9.17, 15) is 16.8 Å². The molecule has 0 fully saturated rings. The summed E-state index contributed by atoms with van der Waals surface area (Å²) >= 11 is 0. The van der Waals surface area contributed by atoms with Crippen LogP contribution in [0.1, 0.15) is 10.8 Å². The van der Waals surface area contributed by atoms with Gasteiger partial charge in [-0.3, -0.25) is 9.11 Å². The first-order valence-electron chi connectivity index (χ1n) is 4.30. The van der Waals surface area contributed by atoms with Crippen molar-refractivity contribution in [2.45, 2.75) is 5.25 Å². The molecule has 1 aromatic carbocycles. The monoisotopic (exact) mass is 282 g/mol. The summed E-state index contributed by atoms with van der Waals surface area (Å²) in [5.41, 5.74) is -0.0528. The van der Waals surface area contributed by atoms with Crippen LogP contribution >= 0.6 is 0 Å². The molecular formula is C8H10O7S2. The molecule has 1 unspecified atom stereocenters. The molecule has 1 atom stereocenters. The van der Waals surface area contributed by atoms with Crippen molar-refractivity contribution in [2.75, 3.05) is 5.75 Å². The molecule has 0 aliphatic carbocycles. The second-order valence-electron chi connectivity index (χ2n) is 3.34. The van der Waals surface area contributed by atoms with Gasteiger partial charge in [0.1, 0.15) is 11.0 Å². The van der Waals surface area contributed by atoms with Gasteiger partial charge in [-0.2, -0.15) is 16.8 Å². The number of aromatic hydroxyl groups is 1. The summed E-state index contributed by atoms with van der Waals surface area (Å²) in [5.74, 6) is -1.30. The van der Waals surface area contributed by atoms with Gasteiger partial charge in [0, 0.05) is 0 Å². The van der Waals surface area contributed by atoms with Crippen molar-refractivity contribution in [2.24, 2.45) is 0 Å². The molecule has 0 aromatic heterocycles. The van der Waals surface area contributed by atoms with Crippen LogP contribution in [0.5, 0.6) is 5.75 Å². The zero-order valence-corrected chi connectivity index (χ0v) is 10.0. The lowest BCUT2D eigenvalue weighted by atomic mass is 10.1. The van der Waals surface area contributed by atoms with Crippen LogP contribution in [0.4, 0.5) is 0 Å². The Balaban J connectivity index is 3.21.